The maximum absolute atomic E-state index is 14.4. The molecule has 0 saturated heterocycles. The van der Waals surface area contributed by atoms with Crippen molar-refractivity contribution in [1.82, 2.24) is 31.9 Å². The monoisotopic (exact) mass is 1020 g/mol. The molecule has 0 spiro atoms. The molecule has 5 rings (SSSR count). The molecule has 1 heterocycles. The first kappa shape index (κ1) is 57.2. The van der Waals surface area contributed by atoms with Gasteiger partial charge in [0.15, 0.2) is 17.7 Å². The van der Waals surface area contributed by atoms with E-state index >= 15 is 0 Å². The molecule has 0 aromatic heterocycles. The zero-order chi connectivity index (χ0) is 54.0. The maximum atomic E-state index is 14.4. The molecule has 4 aromatic rings. The van der Waals surface area contributed by atoms with Crippen LogP contribution in [-0.4, -0.2) is 95.5 Å². The summed E-state index contributed by atoms with van der Waals surface area (Å²) in [6.07, 6.45) is -0.429. The molecule has 0 radical (unpaired) electrons. The highest BCUT2D eigenvalue weighted by Gasteiger charge is 2.32. The Morgan fingerprint density at radius 2 is 1.18 bits per heavy atom. The molecule has 0 fully saturated rings. The van der Waals surface area contributed by atoms with Crippen molar-refractivity contribution in [3.05, 3.63) is 119 Å². The van der Waals surface area contributed by atoms with Crippen LogP contribution in [0.25, 0.3) is 11.1 Å². The first-order valence-corrected chi connectivity index (χ1v) is 24.9. The van der Waals surface area contributed by atoms with E-state index in [1.54, 1.807) is 84.0 Å². The average Bonchev–Trinajstić information content (AvgIpc) is 3.77. The summed E-state index contributed by atoms with van der Waals surface area (Å²) >= 11 is 0. The predicted molar refractivity (Wildman–Crippen MR) is 277 cm³/mol. The number of carboxylic acid groups (broad SMARTS) is 1. The van der Waals surface area contributed by atoms with E-state index in [1.165, 1.54) is 5.56 Å². The van der Waals surface area contributed by atoms with Gasteiger partial charge in [0, 0.05) is 30.6 Å². The van der Waals surface area contributed by atoms with Crippen molar-refractivity contribution < 1.29 is 57.6 Å². The van der Waals surface area contributed by atoms with Crippen LogP contribution in [0.2, 0.25) is 0 Å². The van der Waals surface area contributed by atoms with Gasteiger partial charge in [-0.15, -0.1) is 0 Å². The number of carbonyl (C=O) groups excluding carboxylic acids is 6. The standard InChI is InChI=1S/C55H71N7O12/c1-8-9-15-34-19-22-36(23-20-34)37-24-26-38(27-25-37)46(63)59-40(29-31-58-53(70)74-55(5,6)7)47(64)61-42(32-35-21-28-43-44(33-35)72-51(71-43)39-16-11-10-12-17-39)48(65)62-45(56)49(66)60-41(50(67)68)18-13-14-30-57-52(69)73-54(2,3)4/h10-12,16-17,19-28,33,40-42,45,51H,8-9,13-15,18,29-32,56H2,1-7H3,(H,57,69)(H,58,70)(H,59,63)(H,60,66)(H,61,64)(H,62,65)(H,67,68)/t40-,41-,42-,45+,51?/m0/s1. The second kappa shape index (κ2) is 26.9. The molecule has 4 aromatic carbocycles. The number of ether oxygens (including phenoxy) is 4. The van der Waals surface area contributed by atoms with Gasteiger partial charge in [-0.05, 0) is 127 Å². The Morgan fingerprint density at radius 1 is 0.608 bits per heavy atom. The van der Waals surface area contributed by atoms with Crippen LogP contribution in [-0.2, 0) is 41.5 Å². The summed E-state index contributed by atoms with van der Waals surface area (Å²) in [5.41, 5.74) is 9.24. The quantitative estimate of drug-likeness (QED) is 0.0273. The SMILES string of the molecule is CCCCc1ccc(-c2ccc(C(=O)N[C@@H](CCNC(=O)OC(C)(C)C)C(=O)N[C@@H](Cc3ccc4c(c3)OC(c3ccccc3)O4)C(=O)N[C@@H](N)C(=O)N[C@@H](CCCCNC(=O)OC(C)(C)C)C(=O)O)cc2)cc1. The minimum atomic E-state index is -1.78. The number of amides is 6. The zero-order valence-corrected chi connectivity index (χ0v) is 43.2. The summed E-state index contributed by atoms with van der Waals surface area (Å²) in [5, 5.41) is 25.3. The van der Waals surface area contributed by atoms with Gasteiger partial charge in [-0.3, -0.25) is 19.2 Å². The fourth-order valence-electron chi connectivity index (χ4n) is 7.61. The Kier molecular flexibility index (Phi) is 20.8. The van der Waals surface area contributed by atoms with Gasteiger partial charge in [-0.2, -0.15) is 0 Å². The lowest BCUT2D eigenvalue weighted by atomic mass is 10.0. The topological polar surface area (TPSA) is 275 Å². The highest BCUT2D eigenvalue weighted by atomic mass is 16.7. The highest BCUT2D eigenvalue weighted by Crippen LogP contribution is 2.41. The van der Waals surface area contributed by atoms with E-state index in [0.29, 0.717) is 23.5 Å². The minimum Gasteiger partial charge on any atom is -0.480 e. The van der Waals surface area contributed by atoms with Gasteiger partial charge >= 0.3 is 18.2 Å². The Bertz CT molecular complexity index is 2540. The molecule has 74 heavy (non-hydrogen) atoms. The molecule has 0 saturated carbocycles. The van der Waals surface area contributed by atoms with Crippen LogP contribution in [0, 0.1) is 0 Å². The number of unbranched alkanes of at least 4 members (excludes halogenated alkanes) is 2. The first-order chi connectivity index (χ1) is 35.1. The number of nitrogens with one attached hydrogen (secondary N) is 6. The average molecular weight is 1020 g/mol. The number of alkyl carbamates (subject to hydrolysis) is 2. The molecule has 6 amide bonds. The van der Waals surface area contributed by atoms with E-state index in [9.17, 15) is 38.7 Å². The van der Waals surface area contributed by atoms with Gasteiger partial charge in [-0.1, -0.05) is 86.1 Å². The molecule has 0 aliphatic carbocycles. The lowest BCUT2D eigenvalue weighted by molar-refractivity contribution is -0.142. The number of carboxylic acids is 1. The maximum Gasteiger partial charge on any atom is 0.407 e. The van der Waals surface area contributed by atoms with Gasteiger partial charge in [0.2, 0.25) is 11.8 Å². The van der Waals surface area contributed by atoms with Crippen molar-refractivity contribution in [3.63, 3.8) is 0 Å². The van der Waals surface area contributed by atoms with Gasteiger partial charge in [0.25, 0.3) is 18.1 Å². The number of hydrogen-bond donors (Lipinski definition) is 8. The van der Waals surface area contributed by atoms with Crippen LogP contribution < -0.4 is 47.1 Å². The van der Waals surface area contributed by atoms with E-state index in [-0.39, 0.29) is 44.3 Å². The van der Waals surface area contributed by atoms with Crippen LogP contribution in [0.5, 0.6) is 11.5 Å². The molecular formula is C55H71N7O12. The fourth-order valence-corrected chi connectivity index (χ4v) is 7.61. The van der Waals surface area contributed by atoms with Crippen LogP contribution in [0.15, 0.2) is 97.1 Å². The van der Waals surface area contributed by atoms with E-state index in [0.717, 1.165) is 36.0 Å². The molecule has 19 nitrogen and oxygen atoms in total. The number of fused-ring (bicyclic) bond motifs is 1. The van der Waals surface area contributed by atoms with Gasteiger partial charge in [0.05, 0.1) is 0 Å². The van der Waals surface area contributed by atoms with Crippen LogP contribution in [0.1, 0.15) is 120 Å². The van der Waals surface area contributed by atoms with E-state index in [2.05, 4.69) is 51.0 Å². The largest absolute Gasteiger partial charge is 0.480 e. The van der Waals surface area contributed by atoms with Crippen molar-refractivity contribution in [2.24, 2.45) is 5.73 Å². The van der Waals surface area contributed by atoms with Crippen LogP contribution in [0.4, 0.5) is 9.59 Å². The summed E-state index contributed by atoms with van der Waals surface area (Å²) in [6.45, 7) is 12.5. The summed E-state index contributed by atoms with van der Waals surface area (Å²) in [7, 11) is 0. The molecule has 5 atom stereocenters. The van der Waals surface area contributed by atoms with Crippen molar-refractivity contribution in [2.45, 2.75) is 142 Å². The smallest absolute Gasteiger partial charge is 0.407 e. The molecular weight excluding hydrogens is 951 g/mol. The van der Waals surface area contributed by atoms with Crippen molar-refractivity contribution in [1.29, 1.82) is 0 Å². The number of rotatable bonds is 24. The Labute approximate surface area is 432 Å². The third kappa shape index (κ3) is 18.7. The molecule has 19 heteroatoms. The summed E-state index contributed by atoms with van der Waals surface area (Å²) in [6, 6.07) is 25.1. The van der Waals surface area contributed by atoms with Crippen molar-refractivity contribution in [3.8, 4) is 22.6 Å². The molecule has 1 unspecified atom stereocenters. The fraction of sp³-hybridized carbons (Fsp3) is 0.436. The summed E-state index contributed by atoms with van der Waals surface area (Å²) in [4.78, 5) is 92.7. The Balaban J connectivity index is 1.33. The second-order valence-electron chi connectivity index (χ2n) is 20.0. The minimum absolute atomic E-state index is 0.0291. The molecule has 1 aliphatic rings. The third-order valence-electron chi connectivity index (χ3n) is 11.4. The van der Waals surface area contributed by atoms with Crippen molar-refractivity contribution in [2.75, 3.05) is 13.1 Å². The number of aliphatic carboxylic acids is 1. The molecule has 9 N–H and O–H groups in total. The van der Waals surface area contributed by atoms with Gasteiger partial charge in [0.1, 0.15) is 29.3 Å². The second-order valence-corrected chi connectivity index (χ2v) is 20.0. The number of aryl methyl sites for hydroxylation is 1. The van der Waals surface area contributed by atoms with Crippen molar-refractivity contribution >= 4 is 41.8 Å². The number of carbonyl (C=O) groups is 7. The first-order valence-electron chi connectivity index (χ1n) is 24.9. The van der Waals surface area contributed by atoms with Crippen LogP contribution in [0.3, 0.4) is 0 Å². The molecule has 1 aliphatic heterocycles. The highest BCUT2D eigenvalue weighted by molar-refractivity contribution is 5.99. The Morgan fingerprint density at radius 3 is 1.78 bits per heavy atom. The van der Waals surface area contributed by atoms with Gasteiger partial charge in [-0.25, -0.2) is 14.4 Å². The van der Waals surface area contributed by atoms with E-state index in [4.69, 9.17) is 24.7 Å². The molecule has 398 valence electrons. The van der Waals surface area contributed by atoms with Gasteiger partial charge < -0.3 is 61.7 Å². The van der Waals surface area contributed by atoms with Crippen LogP contribution >= 0.6 is 0 Å². The Hall–Kier alpha value is -7.67. The summed E-state index contributed by atoms with van der Waals surface area (Å²) < 4.78 is 22.7. The lowest BCUT2D eigenvalue weighted by Crippen LogP contribution is -2.60. The third-order valence-corrected chi connectivity index (χ3v) is 11.4. The number of hydrogen-bond acceptors (Lipinski definition) is 12. The number of nitrogens with two attached hydrogens (primary N) is 1. The normalized spacial score (nSPS) is 14.5. The number of benzene rings is 4. The molecule has 0 bridgehead atoms. The van der Waals surface area contributed by atoms with E-state index < -0.39 is 83.6 Å². The predicted octanol–water partition coefficient (Wildman–Crippen LogP) is 6.57. The lowest BCUT2D eigenvalue weighted by Gasteiger charge is -2.25. The van der Waals surface area contributed by atoms with E-state index in [1.807, 2.05) is 42.5 Å². The summed E-state index contributed by atoms with van der Waals surface area (Å²) in [5.74, 6) is -3.92. The zero-order valence-electron chi connectivity index (χ0n) is 43.2.